The maximum atomic E-state index is 12.8. The van der Waals surface area contributed by atoms with E-state index in [1.54, 1.807) is 24.1 Å². The van der Waals surface area contributed by atoms with E-state index >= 15 is 0 Å². The largest absolute Gasteiger partial charge is 0.496 e. The van der Waals surface area contributed by atoms with Crippen LogP contribution in [0.4, 0.5) is 11.4 Å². The molecule has 0 radical (unpaired) electrons. The van der Waals surface area contributed by atoms with Crippen LogP contribution in [0.25, 0.3) is 0 Å². The fourth-order valence-electron chi connectivity index (χ4n) is 2.30. The Kier molecular flexibility index (Phi) is 6.93. The predicted octanol–water partition coefficient (Wildman–Crippen LogP) is 4.75. The summed E-state index contributed by atoms with van der Waals surface area (Å²) in [6.07, 6.45) is 0. The third-order valence-electron chi connectivity index (χ3n) is 3.78. The van der Waals surface area contributed by atoms with Crippen molar-refractivity contribution in [2.75, 3.05) is 24.8 Å². The molecular formula is C18H22Cl2N2O2. The Morgan fingerprint density at radius 3 is 2.50 bits per heavy atom. The van der Waals surface area contributed by atoms with Crippen LogP contribution < -0.4 is 15.4 Å². The first-order chi connectivity index (χ1) is 10.8. The molecule has 0 saturated carbocycles. The number of nitrogen functional groups attached to an aromatic ring is 1. The molecule has 0 aliphatic rings. The van der Waals surface area contributed by atoms with Crippen LogP contribution in [-0.2, 0) is 0 Å². The molecule has 0 spiro atoms. The topological polar surface area (TPSA) is 55.6 Å². The summed E-state index contributed by atoms with van der Waals surface area (Å²) in [6, 6.07) is 11.0. The highest BCUT2D eigenvalue weighted by molar-refractivity contribution is 6.33. The van der Waals surface area contributed by atoms with E-state index < -0.39 is 0 Å². The molecule has 0 aromatic heterocycles. The minimum Gasteiger partial charge on any atom is -0.496 e. The fraction of sp³-hybridized carbons (Fsp3) is 0.278. The number of nitrogens with two attached hydrogens (primary N) is 1. The van der Waals surface area contributed by atoms with Gasteiger partial charge < -0.3 is 15.4 Å². The Hall–Kier alpha value is -1.91. The minimum atomic E-state index is -0.204. The van der Waals surface area contributed by atoms with E-state index in [0.717, 1.165) is 5.69 Å². The summed E-state index contributed by atoms with van der Waals surface area (Å²) in [5.74, 6) is 0.590. The smallest absolute Gasteiger partial charge is 0.261 e. The van der Waals surface area contributed by atoms with Gasteiger partial charge in [0, 0.05) is 18.8 Å². The lowest BCUT2D eigenvalue weighted by atomic mass is 10.0. The highest BCUT2D eigenvalue weighted by Gasteiger charge is 2.20. The van der Waals surface area contributed by atoms with E-state index in [2.05, 4.69) is 13.8 Å². The minimum absolute atomic E-state index is 0. The summed E-state index contributed by atoms with van der Waals surface area (Å²) in [5, 5.41) is 0.332. The number of ether oxygens (including phenoxy) is 1. The first-order valence-corrected chi connectivity index (χ1v) is 7.74. The maximum absolute atomic E-state index is 12.8. The van der Waals surface area contributed by atoms with Gasteiger partial charge in [0.05, 0.1) is 23.4 Å². The normalized spacial score (nSPS) is 10.2. The molecule has 0 aliphatic carbocycles. The van der Waals surface area contributed by atoms with Gasteiger partial charge in [0.25, 0.3) is 5.91 Å². The van der Waals surface area contributed by atoms with Crippen molar-refractivity contribution in [1.29, 1.82) is 0 Å². The van der Waals surface area contributed by atoms with Crippen LogP contribution in [-0.4, -0.2) is 20.1 Å². The molecule has 0 bridgehead atoms. The number of hydrogen-bond donors (Lipinski definition) is 1. The Morgan fingerprint density at radius 2 is 1.92 bits per heavy atom. The molecule has 0 atom stereocenters. The second kappa shape index (κ2) is 8.27. The fourth-order valence-corrected chi connectivity index (χ4v) is 2.46. The van der Waals surface area contributed by atoms with Gasteiger partial charge >= 0.3 is 0 Å². The summed E-state index contributed by atoms with van der Waals surface area (Å²) in [6.45, 7) is 4.23. The average molecular weight is 369 g/mol. The van der Waals surface area contributed by atoms with Gasteiger partial charge in [0.15, 0.2) is 0 Å². The van der Waals surface area contributed by atoms with E-state index in [4.69, 9.17) is 22.1 Å². The zero-order chi connectivity index (χ0) is 17.1. The number of amides is 1. The molecule has 0 fully saturated rings. The van der Waals surface area contributed by atoms with Gasteiger partial charge in [-0.25, -0.2) is 0 Å². The van der Waals surface area contributed by atoms with Crippen molar-refractivity contribution in [2.24, 2.45) is 0 Å². The van der Waals surface area contributed by atoms with Gasteiger partial charge in [-0.1, -0.05) is 37.6 Å². The van der Waals surface area contributed by atoms with Crippen LogP contribution in [0.15, 0.2) is 36.4 Å². The Morgan fingerprint density at radius 1 is 1.25 bits per heavy atom. The monoisotopic (exact) mass is 368 g/mol. The van der Waals surface area contributed by atoms with Crippen molar-refractivity contribution in [1.82, 2.24) is 0 Å². The summed E-state index contributed by atoms with van der Waals surface area (Å²) in [5.41, 5.74) is 8.51. The van der Waals surface area contributed by atoms with Crippen LogP contribution in [0.5, 0.6) is 5.75 Å². The molecule has 2 N–H and O–H groups in total. The molecule has 130 valence electrons. The highest BCUT2D eigenvalue weighted by Crippen LogP contribution is 2.31. The van der Waals surface area contributed by atoms with Crippen molar-refractivity contribution in [2.45, 2.75) is 19.8 Å². The molecule has 6 heteroatoms. The van der Waals surface area contributed by atoms with Crippen LogP contribution >= 0.6 is 24.0 Å². The van der Waals surface area contributed by atoms with E-state index in [0.29, 0.717) is 27.9 Å². The Bertz CT molecular complexity index is 733. The third-order valence-corrected chi connectivity index (χ3v) is 4.11. The molecule has 2 aromatic carbocycles. The molecule has 0 saturated heterocycles. The van der Waals surface area contributed by atoms with Crippen LogP contribution in [0.2, 0.25) is 5.02 Å². The van der Waals surface area contributed by atoms with Crippen molar-refractivity contribution in [3.63, 3.8) is 0 Å². The third kappa shape index (κ3) is 4.13. The molecule has 1 amide bonds. The molecule has 0 aliphatic heterocycles. The molecule has 4 nitrogen and oxygen atoms in total. The van der Waals surface area contributed by atoms with Crippen molar-refractivity contribution in [3.05, 3.63) is 52.5 Å². The number of carbonyl (C=O) groups is 1. The van der Waals surface area contributed by atoms with E-state index in [1.165, 1.54) is 12.7 Å². The van der Waals surface area contributed by atoms with E-state index in [1.807, 2.05) is 24.3 Å². The summed E-state index contributed by atoms with van der Waals surface area (Å²) < 4.78 is 5.26. The molecule has 0 heterocycles. The quantitative estimate of drug-likeness (QED) is 0.791. The molecule has 2 rings (SSSR count). The van der Waals surface area contributed by atoms with Gasteiger partial charge in [-0.3, -0.25) is 4.79 Å². The first-order valence-electron chi connectivity index (χ1n) is 7.36. The number of benzene rings is 2. The van der Waals surface area contributed by atoms with Crippen LogP contribution in [0, 0.1) is 0 Å². The predicted molar refractivity (Wildman–Crippen MR) is 103 cm³/mol. The van der Waals surface area contributed by atoms with Crippen LogP contribution in [0.3, 0.4) is 0 Å². The van der Waals surface area contributed by atoms with Gasteiger partial charge in [0.2, 0.25) is 0 Å². The SMILES string of the molecule is COc1cc(N)c(Cl)cc1C(=O)N(C)c1cccc(C(C)C)c1.Cl. The first kappa shape index (κ1) is 20.1. The Balaban J connectivity index is 0.00000288. The van der Waals surface area contributed by atoms with Crippen LogP contribution in [0.1, 0.15) is 35.7 Å². The standard InChI is InChI=1S/C18H21ClN2O2.ClH/c1-11(2)12-6-5-7-13(8-12)21(3)18(22)14-9-15(19)16(20)10-17(14)23-4;/h5-11H,20H2,1-4H3;1H. The molecule has 0 unspecified atom stereocenters. The van der Waals surface area contributed by atoms with Gasteiger partial charge in [-0.15, -0.1) is 12.4 Å². The van der Waals surface area contributed by atoms with E-state index in [-0.39, 0.29) is 18.3 Å². The lowest BCUT2D eigenvalue weighted by Gasteiger charge is -2.20. The number of methoxy groups -OCH3 is 1. The maximum Gasteiger partial charge on any atom is 0.261 e. The molecule has 24 heavy (non-hydrogen) atoms. The van der Waals surface area contributed by atoms with Gasteiger partial charge in [0.1, 0.15) is 5.75 Å². The lowest BCUT2D eigenvalue weighted by Crippen LogP contribution is -2.26. The number of hydrogen-bond acceptors (Lipinski definition) is 3. The second-order valence-electron chi connectivity index (χ2n) is 5.69. The zero-order valence-corrected chi connectivity index (χ0v) is 15.7. The average Bonchev–Trinajstić information content (AvgIpc) is 2.55. The van der Waals surface area contributed by atoms with Crippen molar-refractivity contribution in [3.8, 4) is 5.75 Å². The summed E-state index contributed by atoms with van der Waals surface area (Å²) >= 11 is 6.05. The lowest BCUT2D eigenvalue weighted by molar-refractivity contribution is 0.0990. The number of carbonyl (C=O) groups excluding carboxylic acids is 1. The highest BCUT2D eigenvalue weighted by atomic mass is 35.5. The second-order valence-corrected chi connectivity index (χ2v) is 6.10. The van der Waals surface area contributed by atoms with Crippen molar-refractivity contribution < 1.29 is 9.53 Å². The number of rotatable bonds is 4. The van der Waals surface area contributed by atoms with Gasteiger partial charge in [-0.2, -0.15) is 0 Å². The summed E-state index contributed by atoms with van der Waals surface area (Å²) in [7, 11) is 3.23. The zero-order valence-electron chi connectivity index (χ0n) is 14.2. The van der Waals surface area contributed by atoms with E-state index in [9.17, 15) is 4.79 Å². The summed E-state index contributed by atoms with van der Waals surface area (Å²) in [4.78, 5) is 14.4. The molecule has 2 aromatic rings. The number of nitrogens with zero attached hydrogens (tertiary/aromatic N) is 1. The number of halogens is 2. The molecular weight excluding hydrogens is 347 g/mol. The van der Waals surface area contributed by atoms with Gasteiger partial charge in [-0.05, 0) is 29.7 Å². The number of anilines is 2. The Labute approximate surface area is 154 Å². The van der Waals surface area contributed by atoms with Crippen molar-refractivity contribution >= 4 is 41.3 Å².